The topological polar surface area (TPSA) is 72.0 Å². The third-order valence-electron chi connectivity index (χ3n) is 3.50. The highest BCUT2D eigenvalue weighted by molar-refractivity contribution is 5.77. The standard InChI is InChI=1S/C16H19FN2O3/c1-22-14(20)10-5-3-2-4-9-13-18-12-8-6-7-11(17)15(12)16(21)19-13/h6-8H,2-5,9-10H2,1H3,(H,18,19,21). The van der Waals surface area contributed by atoms with E-state index >= 15 is 0 Å². The molecule has 0 saturated carbocycles. The monoisotopic (exact) mass is 306 g/mol. The molecule has 0 atom stereocenters. The van der Waals surface area contributed by atoms with E-state index in [9.17, 15) is 14.0 Å². The Labute approximate surface area is 127 Å². The first-order valence-electron chi connectivity index (χ1n) is 7.36. The number of aromatic nitrogens is 2. The van der Waals surface area contributed by atoms with Crippen LogP contribution in [0.3, 0.4) is 0 Å². The summed E-state index contributed by atoms with van der Waals surface area (Å²) < 4.78 is 18.1. The second-order valence-corrected chi connectivity index (χ2v) is 5.14. The van der Waals surface area contributed by atoms with Crippen LogP contribution in [-0.4, -0.2) is 23.0 Å². The predicted molar refractivity (Wildman–Crippen MR) is 81.1 cm³/mol. The molecule has 0 unspecified atom stereocenters. The van der Waals surface area contributed by atoms with Crippen molar-refractivity contribution >= 4 is 16.9 Å². The van der Waals surface area contributed by atoms with Crippen molar-refractivity contribution in [2.24, 2.45) is 0 Å². The molecule has 1 N–H and O–H groups in total. The molecule has 0 fully saturated rings. The minimum atomic E-state index is -0.555. The van der Waals surface area contributed by atoms with E-state index in [2.05, 4.69) is 14.7 Å². The molecule has 1 aromatic carbocycles. The summed E-state index contributed by atoms with van der Waals surface area (Å²) in [5.74, 6) is -0.181. The highest BCUT2D eigenvalue weighted by atomic mass is 19.1. The first-order valence-corrected chi connectivity index (χ1v) is 7.36. The van der Waals surface area contributed by atoms with Crippen LogP contribution in [0.2, 0.25) is 0 Å². The molecule has 22 heavy (non-hydrogen) atoms. The first kappa shape index (κ1) is 16.1. The molecular formula is C16H19FN2O3. The predicted octanol–water partition coefficient (Wildman–Crippen LogP) is 2.73. The van der Waals surface area contributed by atoms with Crippen LogP contribution >= 0.6 is 0 Å². The second-order valence-electron chi connectivity index (χ2n) is 5.14. The van der Waals surface area contributed by atoms with E-state index in [-0.39, 0.29) is 11.4 Å². The van der Waals surface area contributed by atoms with Crippen LogP contribution in [0, 0.1) is 5.82 Å². The number of benzene rings is 1. The minimum Gasteiger partial charge on any atom is -0.469 e. The number of carbonyl (C=O) groups excluding carboxylic acids is 1. The maximum absolute atomic E-state index is 13.6. The number of rotatable bonds is 7. The smallest absolute Gasteiger partial charge is 0.305 e. The van der Waals surface area contributed by atoms with Gasteiger partial charge in [-0.15, -0.1) is 0 Å². The van der Waals surface area contributed by atoms with Gasteiger partial charge < -0.3 is 9.72 Å². The molecule has 0 saturated heterocycles. The number of nitrogens with zero attached hydrogens (tertiary/aromatic N) is 1. The molecule has 1 aromatic heterocycles. The fourth-order valence-corrected chi connectivity index (χ4v) is 2.33. The number of H-pyrrole nitrogens is 1. The molecule has 2 aromatic rings. The van der Waals surface area contributed by atoms with Gasteiger partial charge in [-0.3, -0.25) is 9.59 Å². The van der Waals surface area contributed by atoms with Gasteiger partial charge in [-0.1, -0.05) is 18.9 Å². The molecule has 0 amide bonds. The van der Waals surface area contributed by atoms with Crippen LogP contribution in [0.15, 0.2) is 23.0 Å². The van der Waals surface area contributed by atoms with Gasteiger partial charge in [0.05, 0.1) is 12.6 Å². The number of methoxy groups -OCH3 is 1. The summed E-state index contributed by atoms with van der Waals surface area (Å²) in [6.07, 6.45) is 4.55. The molecule has 0 aliphatic heterocycles. The average molecular weight is 306 g/mol. The van der Waals surface area contributed by atoms with Crippen molar-refractivity contribution < 1.29 is 13.9 Å². The maximum atomic E-state index is 13.6. The number of unbranched alkanes of at least 4 members (excludes halogenated alkanes) is 3. The van der Waals surface area contributed by atoms with Gasteiger partial charge in [0.25, 0.3) is 5.56 Å². The lowest BCUT2D eigenvalue weighted by Gasteiger charge is -2.04. The summed E-state index contributed by atoms with van der Waals surface area (Å²) in [5.41, 5.74) is -0.0618. The number of fused-ring (bicyclic) bond motifs is 1. The fraction of sp³-hybridized carbons (Fsp3) is 0.438. The Balaban J connectivity index is 1.88. The zero-order valence-corrected chi connectivity index (χ0v) is 12.5. The molecule has 6 heteroatoms. The van der Waals surface area contributed by atoms with E-state index in [1.807, 2.05) is 0 Å². The molecule has 118 valence electrons. The summed E-state index contributed by atoms with van der Waals surface area (Å²) in [6, 6.07) is 4.43. The molecule has 0 spiro atoms. The highest BCUT2D eigenvalue weighted by Gasteiger charge is 2.08. The van der Waals surface area contributed by atoms with Gasteiger partial charge in [-0.25, -0.2) is 9.37 Å². The largest absolute Gasteiger partial charge is 0.469 e. The Kier molecular flexibility index (Phi) is 5.63. The third kappa shape index (κ3) is 4.13. The average Bonchev–Trinajstić information content (AvgIpc) is 2.50. The molecule has 2 rings (SSSR count). The second kappa shape index (κ2) is 7.68. The Hall–Kier alpha value is -2.24. The van der Waals surface area contributed by atoms with Gasteiger partial charge in [0.2, 0.25) is 0 Å². The molecular weight excluding hydrogens is 287 g/mol. The fourth-order valence-electron chi connectivity index (χ4n) is 2.33. The lowest BCUT2D eigenvalue weighted by atomic mass is 10.1. The number of hydrogen-bond acceptors (Lipinski definition) is 4. The zero-order chi connectivity index (χ0) is 15.9. The van der Waals surface area contributed by atoms with Crippen LogP contribution in [0.1, 0.15) is 37.9 Å². The number of nitrogens with one attached hydrogen (secondary N) is 1. The summed E-state index contributed by atoms with van der Waals surface area (Å²) in [4.78, 5) is 29.7. The lowest BCUT2D eigenvalue weighted by molar-refractivity contribution is -0.140. The summed E-state index contributed by atoms with van der Waals surface area (Å²) in [5, 5.41) is 0.00401. The molecule has 0 radical (unpaired) electrons. The molecule has 0 aliphatic rings. The van der Waals surface area contributed by atoms with E-state index in [0.717, 1.165) is 25.7 Å². The number of aromatic amines is 1. The van der Waals surface area contributed by atoms with Crippen LogP contribution in [0.25, 0.3) is 10.9 Å². The Morgan fingerprint density at radius 3 is 2.82 bits per heavy atom. The molecule has 0 bridgehead atoms. The van der Waals surface area contributed by atoms with E-state index in [1.165, 1.54) is 13.2 Å². The summed E-state index contributed by atoms with van der Waals surface area (Å²) >= 11 is 0. The number of carbonyl (C=O) groups is 1. The van der Waals surface area contributed by atoms with Crippen molar-refractivity contribution in [2.75, 3.05) is 7.11 Å². The normalized spacial score (nSPS) is 10.8. The van der Waals surface area contributed by atoms with Crippen molar-refractivity contribution in [1.82, 2.24) is 9.97 Å². The highest BCUT2D eigenvalue weighted by Crippen LogP contribution is 2.12. The SMILES string of the molecule is COC(=O)CCCCCCc1nc2cccc(F)c2c(=O)[nH]1. The van der Waals surface area contributed by atoms with Gasteiger partial charge >= 0.3 is 5.97 Å². The first-order chi connectivity index (χ1) is 10.6. The summed E-state index contributed by atoms with van der Waals surface area (Å²) in [6.45, 7) is 0. The van der Waals surface area contributed by atoms with Crippen LogP contribution < -0.4 is 5.56 Å². The van der Waals surface area contributed by atoms with Crippen LogP contribution in [0.4, 0.5) is 4.39 Å². The minimum absolute atomic E-state index is 0.00401. The van der Waals surface area contributed by atoms with Crippen molar-refractivity contribution in [3.63, 3.8) is 0 Å². The number of halogens is 1. The van der Waals surface area contributed by atoms with Gasteiger partial charge in [0, 0.05) is 12.8 Å². The molecule has 0 aliphatic carbocycles. The number of aryl methyl sites for hydroxylation is 1. The van der Waals surface area contributed by atoms with E-state index in [1.54, 1.807) is 12.1 Å². The van der Waals surface area contributed by atoms with Gasteiger partial charge in [-0.2, -0.15) is 0 Å². The lowest BCUT2D eigenvalue weighted by Crippen LogP contribution is -2.13. The van der Waals surface area contributed by atoms with Crippen molar-refractivity contribution in [2.45, 2.75) is 38.5 Å². The molecule has 1 heterocycles. The summed E-state index contributed by atoms with van der Waals surface area (Å²) in [7, 11) is 1.38. The van der Waals surface area contributed by atoms with Crippen molar-refractivity contribution in [1.29, 1.82) is 0 Å². The Morgan fingerprint density at radius 2 is 2.05 bits per heavy atom. The molecule has 5 nitrogen and oxygen atoms in total. The van der Waals surface area contributed by atoms with E-state index < -0.39 is 11.4 Å². The quantitative estimate of drug-likeness (QED) is 0.630. The van der Waals surface area contributed by atoms with E-state index in [4.69, 9.17) is 0 Å². The van der Waals surface area contributed by atoms with Crippen molar-refractivity contribution in [3.05, 3.63) is 40.2 Å². The van der Waals surface area contributed by atoms with Gasteiger partial charge in [0.1, 0.15) is 17.0 Å². The zero-order valence-electron chi connectivity index (χ0n) is 12.5. The number of esters is 1. The van der Waals surface area contributed by atoms with Crippen LogP contribution in [0.5, 0.6) is 0 Å². The number of ether oxygens (including phenoxy) is 1. The van der Waals surface area contributed by atoms with E-state index in [0.29, 0.717) is 24.2 Å². The van der Waals surface area contributed by atoms with Gasteiger partial charge in [-0.05, 0) is 25.0 Å². The third-order valence-corrected chi connectivity index (χ3v) is 3.50. The Bertz CT molecular complexity index is 712. The number of hydrogen-bond donors (Lipinski definition) is 1. The van der Waals surface area contributed by atoms with Gasteiger partial charge in [0.15, 0.2) is 0 Å². The van der Waals surface area contributed by atoms with Crippen LogP contribution in [-0.2, 0) is 16.0 Å². The Morgan fingerprint density at radius 1 is 1.27 bits per heavy atom. The maximum Gasteiger partial charge on any atom is 0.305 e. The van der Waals surface area contributed by atoms with Crippen molar-refractivity contribution in [3.8, 4) is 0 Å².